The van der Waals surface area contributed by atoms with Gasteiger partial charge in [-0.2, -0.15) is 0 Å². The summed E-state index contributed by atoms with van der Waals surface area (Å²) in [6, 6.07) is 6.94. The number of aliphatic hydroxyl groups excluding tert-OH is 1. The fourth-order valence-electron chi connectivity index (χ4n) is 3.87. The van der Waals surface area contributed by atoms with Crippen LogP contribution in [-0.2, 0) is 24.4 Å². The van der Waals surface area contributed by atoms with Crippen molar-refractivity contribution in [2.24, 2.45) is 11.8 Å². The first kappa shape index (κ1) is 30.9. The second kappa shape index (κ2) is 13.4. The second-order valence-corrected chi connectivity index (χ2v) is 13.3. The number of nitrogens with one attached hydrogen (secondary N) is 3. The van der Waals surface area contributed by atoms with Crippen molar-refractivity contribution in [3.05, 3.63) is 30.3 Å². The smallest absolute Gasteiger partial charge is 0.407 e. The highest BCUT2D eigenvalue weighted by Gasteiger charge is 2.35. The summed E-state index contributed by atoms with van der Waals surface area (Å²) >= 11 is 1.52. The highest BCUT2D eigenvalue weighted by Crippen LogP contribution is 2.32. The summed E-state index contributed by atoms with van der Waals surface area (Å²) in [4.78, 5) is 38.6. The molecule has 1 fully saturated rings. The Labute approximate surface area is 222 Å². The van der Waals surface area contributed by atoms with Gasteiger partial charge < -0.3 is 30.3 Å². The molecule has 1 aromatic carbocycles. The maximum Gasteiger partial charge on any atom is 0.407 e. The molecule has 0 aromatic heterocycles. The number of ether oxygens (including phenoxy) is 1. The lowest BCUT2D eigenvalue weighted by Gasteiger charge is -2.30. The summed E-state index contributed by atoms with van der Waals surface area (Å²) in [6.07, 6.45) is -0.538. The van der Waals surface area contributed by atoms with Crippen LogP contribution in [0, 0.1) is 11.8 Å². The number of thioether (sulfide) groups is 1. The average molecular weight is 559 g/mol. The van der Waals surface area contributed by atoms with E-state index in [0.717, 1.165) is 4.90 Å². The van der Waals surface area contributed by atoms with Crippen LogP contribution in [0.25, 0.3) is 0 Å². The van der Waals surface area contributed by atoms with Crippen molar-refractivity contribution < 1.29 is 37.2 Å². The van der Waals surface area contributed by atoms with Crippen molar-refractivity contribution in [1.29, 1.82) is 0 Å². The van der Waals surface area contributed by atoms with E-state index in [-0.39, 0.29) is 31.3 Å². The fraction of sp³-hybridized carbons (Fsp3) is 0.625. The van der Waals surface area contributed by atoms with Crippen molar-refractivity contribution in [2.45, 2.75) is 74.1 Å². The van der Waals surface area contributed by atoms with Crippen LogP contribution in [0.4, 0.5) is 4.79 Å². The van der Waals surface area contributed by atoms with Gasteiger partial charge in [0, 0.05) is 22.1 Å². The molecular formula is C24H36N3O8S2-. The monoisotopic (exact) mass is 558 g/mol. The van der Waals surface area contributed by atoms with E-state index >= 15 is 0 Å². The Bertz CT molecular complexity index is 1030. The zero-order valence-electron chi connectivity index (χ0n) is 21.4. The Morgan fingerprint density at radius 1 is 1.24 bits per heavy atom. The van der Waals surface area contributed by atoms with Crippen LogP contribution in [-0.4, -0.2) is 71.4 Å². The summed E-state index contributed by atoms with van der Waals surface area (Å²) < 4.78 is 39.4. The predicted octanol–water partition coefficient (Wildman–Crippen LogP) is 1.57. The number of benzene rings is 1. The lowest BCUT2D eigenvalue weighted by atomic mass is 9.97. The van der Waals surface area contributed by atoms with Crippen molar-refractivity contribution >= 4 is 39.8 Å². The lowest BCUT2D eigenvalue weighted by Crippen LogP contribution is -2.55. The zero-order chi connectivity index (χ0) is 27.8. The molecular weight excluding hydrogens is 522 g/mol. The summed E-state index contributed by atoms with van der Waals surface area (Å²) in [5.74, 6) is -1.87. The van der Waals surface area contributed by atoms with Gasteiger partial charge in [0.2, 0.25) is 11.8 Å². The van der Waals surface area contributed by atoms with Crippen molar-refractivity contribution in [1.82, 2.24) is 16.0 Å². The van der Waals surface area contributed by atoms with Gasteiger partial charge in [-0.1, -0.05) is 32.0 Å². The topological polar surface area (TPSA) is 174 Å². The van der Waals surface area contributed by atoms with Crippen LogP contribution in [0.1, 0.15) is 47.0 Å². The van der Waals surface area contributed by atoms with E-state index in [9.17, 15) is 32.5 Å². The van der Waals surface area contributed by atoms with E-state index in [1.807, 2.05) is 58.0 Å². The zero-order valence-corrected chi connectivity index (χ0v) is 23.1. The molecule has 11 nitrogen and oxygen atoms in total. The largest absolute Gasteiger partial charge is 0.746 e. The number of amides is 3. The van der Waals surface area contributed by atoms with Gasteiger partial charge in [-0.15, -0.1) is 11.8 Å². The van der Waals surface area contributed by atoms with E-state index in [2.05, 4.69) is 16.0 Å². The third-order valence-electron chi connectivity index (χ3n) is 5.67. The van der Waals surface area contributed by atoms with Gasteiger partial charge in [-0.05, 0) is 51.2 Å². The molecule has 1 unspecified atom stereocenters. The molecule has 0 aliphatic carbocycles. The minimum Gasteiger partial charge on any atom is -0.746 e. The summed E-state index contributed by atoms with van der Waals surface area (Å²) in [5.41, 5.74) is -2.45. The van der Waals surface area contributed by atoms with Crippen LogP contribution in [0.5, 0.6) is 0 Å². The molecule has 1 aliphatic heterocycles. The number of carbonyl (C=O) groups excluding carboxylic acids is 3. The molecule has 208 valence electrons. The standard InChI is InChI=1S/C24H37N3O8S2/c1-15(2)12-18(27-23(31)35-14-24(3,4)36-17-8-6-5-7-9-17)21(29)26-19(22(30)37(32,33)34)13-16-10-11-25-20(16)28/h5-9,15-16,18-19,22,30H,10-14H2,1-4H3,(H,25,28)(H,26,29)(H,27,31)(H,32,33,34)/p-1/t16-,18-,19-,22?/m0/s1. The molecule has 4 atom stereocenters. The van der Waals surface area contributed by atoms with Gasteiger partial charge in [-0.25, -0.2) is 13.2 Å². The van der Waals surface area contributed by atoms with Crippen LogP contribution >= 0.6 is 11.8 Å². The van der Waals surface area contributed by atoms with Crippen molar-refractivity contribution in [3.63, 3.8) is 0 Å². The molecule has 0 radical (unpaired) electrons. The number of aliphatic hydroxyl groups is 1. The van der Waals surface area contributed by atoms with E-state index in [1.165, 1.54) is 11.8 Å². The van der Waals surface area contributed by atoms with Crippen molar-refractivity contribution in [2.75, 3.05) is 13.2 Å². The minimum absolute atomic E-state index is 0.0426. The fourth-order valence-corrected chi connectivity index (χ4v) is 5.50. The third kappa shape index (κ3) is 10.5. The van der Waals surface area contributed by atoms with Gasteiger partial charge in [0.1, 0.15) is 22.8 Å². The Kier molecular flexibility index (Phi) is 11.2. The number of rotatable bonds is 13. The maximum absolute atomic E-state index is 13.1. The molecule has 0 spiro atoms. The highest BCUT2D eigenvalue weighted by molar-refractivity contribution is 8.00. The minimum atomic E-state index is -5.18. The molecule has 13 heteroatoms. The molecule has 0 saturated carbocycles. The second-order valence-electron chi connectivity index (χ2n) is 10.1. The van der Waals surface area contributed by atoms with Crippen LogP contribution in [0.2, 0.25) is 0 Å². The van der Waals surface area contributed by atoms with Crippen LogP contribution in [0.15, 0.2) is 35.2 Å². The molecule has 1 saturated heterocycles. The van der Waals surface area contributed by atoms with E-state index < -0.39 is 50.3 Å². The Hall–Kier alpha value is -2.35. The molecule has 1 aromatic rings. The average Bonchev–Trinajstić information content (AvgIpc) is 3.20. The number of hydrogen-bond donors (Lipinski definition) is 4. The predicted molar refractivity (Wildman–Crippen MR) is 137 cm³/mol. The summed E-state index contributed by atoms with van der Waals surface area (Å²) in [6.45, 7) is 7.87. The van der Waals surface area contributed by atoms with Gasteiger partial charge in [0.15, 0.2) is 5.44 Å². The highest BCUT2D eigenvalue weighted by atomic mass is 32.2. The van der Waals surface area contributed by atoms with E-state index in [1.54, 1.807) is 0 Å². The number of carbonyl (C=O) groups is 3. The van der Waals surface area contributed by atoms with Gasteiger partial charge in [0.25, 0.3) is 0 Å². The lowest BCUT2D eigenvalue weighted by molar-refractivity contribution is -0.126. The molecule has 37 heavy (non-hydrogen) atoms. The van der Waals surface area contributed by atoms with E-state index in [4.69, 9.17) is 4.74 Å². The molecule has 1 aliphatic rings. The third-order valence-corrected chi connectivity index (χ3v) is 7.77. The quantitative estimate of drug-likeness (QED) is 0.207. The van der Waals surface area contributed by atoms with Crippen molar-refractivity contribution in [3.8, 4) is 0 Å². The number of alkyl carbamates (subject to hydrolysis) is 1. The normalized spacial score (nSPS) is 18.6. The first-order chi connectivity index (χ1) is 17.2. The van der Waals surface area contributed by atoms with Gasteiger partial charge in [0.05, 0.1) is 6.04 Å². The Morgan fingerprint density at radius 3 is 2.43 bits per heavy atom. The summed E-state index contributed by atoms with van der Waals surface area (Å²) in [5, 5.41) is 17.6. The first-order valence-electron chi connectivity index (χ1n) is 12.1. The van der Waals surface area contributed by atoms with Crippen LogP contribution in [0.3, 0.4) is 0 Å². The summed E-state index contributed by atoms with van der Waals surface area (Å²) in [7, 11) is -5.18. The maximum atomic E-state index is 13.1. The SMILES string of the molecule is CC(C)C[C@H](NC(=O)OCC(C)(C)Sc1ccccc1)C(=O)N[C@@H](C[C@@H]1CCNC1=O)C(O)S(=O)(=O)[O-]. The molecule has 1 heterocycles. The molecule has 4 N–H and O–H groups in total. The van der Waals surface area contributed by atoms with E-state index in [0.29, 0.717) is 13.0 Å². The Morgan fingerprint density at radius 2 is 1.89 bits per heavy atom. The van der Waals surface area contributed by atoms with Gasteiger partial charge >= 0.3 is 6.09 Å². The van der Waals surface area contributed by atoms with Gasteiger partial charge in [-0.3, -0.25) is 9.59 Å². The first-order valence-corrected chi connectivity index (χ1v) is 14.3. The molecule has 2 rings (SSSR count). The van der Waals surface area contributed by atoms with Crippen LogP contribution < -0.4 is 16.0 Å². The molecule has 0 bridgehead atoms. The Balaban J connectivity index is 2.05. The molecule has 3 amide bonds. The number of hydrogen-bond acceptors (Lipinski definition) is 9.